The van der Waals surface area contributed by atoms with Gasteiger partial charge < -0.3 is 5.32 Å². The van der Waals surface area contributed by atoms with Crippen molar-refractivity contribution in [1.82, 2.24) is 5.32 Å². The molecule has 110 valence electrons. The number of hydrogen-bond donors (Lipinski definition) is 1. The van der Waals surface area contributed by atoms with E-state index in [1.54, 1.807) is 12.1 Å². The van der Waals surface area contributed by atoms with Crippen molar-refractivity contribution in [3.63, 3.8) is 0 Å². The van der Waals surface area contributed by atoms with Gasteiger partial charge in [-0.3, -0.25) is 0 Å². The van der Waals surface area contributed by atoms with Crippen molar-refractivity contribution >= 4 is 11.8 Å². The minimum atomic E-state index is -0.270. The van der Waals surface area contributed by atoms with Crippen LogP contribution in [0.15, 0.2) is 46.2 Å². The van der Waals surface area contributed by atoms with E-state index in [9.17, 15) is 8.78 Å². The molecule has 0 fully saturated rings. The van der Waals surface area contributed by atoms with Gasteiger partial charge >= 0.3 is 0 Å². The highest BCUT2D eigenvalue weighted by Gasteiger charge is 2.23. The van der Waals surface area contributed by atoms with Gasteiger partial charge in [-0.2, -0.15) is 0 Å². The molecule has 1 nitrogen and oxygen atoms in total. The van der Waals surface area contributed by atoms with Crippen molar-refractivity contribution in [2.45, 2.75) is 35.1 Å². The molecule has 3 rings (SSSR count). The second-order valence-corrected chi connectivity index (χ2v) is 6.42. The maximum Gasteiger partial charge on any atom is 0.129 e. The molecule has 1 aliphatic rings. The maximum absolute atomic E-state index is 14.4. The van der Waals surface area contributed by atoms with Crippen molar-refractivity contribution in [2.24, 2.45) is 0 Å². The molecule has 0 saturated heterocycles. The molecule has 1 aliphatic carbocycles. The van der Waals surface area contributed by atoms with Crippen LogP contribution in [0.2, 0.25) is 0 Å². The maximum atomic E-state index is 14.4. The zero-order chi connectivity index (χ0) is 14.8. The van der Waals surface area contributed by atoms with Crippen molar-refractivity contribution in [3.05, 3.63) is 59.2 Å². The van der Waals surface area contributed by atoms with Crippen LogP contribution in [-0.2, 0) is 6.42 Å². The summed E-state index contributed by atoms with van der Waals surface area (Å²) in [7, 11) is 1.87. The Balaban J connectivity index is 1.93. The molecule has 0 radical (unpaired) electrons. The molecule has 2 aromatic carbocycles. The van der Waals surface area contributed by atoms with E-state index in [1.165, 1.54) is 23.9 Å². The first kappa shape index (κ1) is 14.5. The Labute approximate surface area is 127 Å². The van der Waals surface area contributed by atoms with Crippen LogP contribution in [0, 0.1) is 11.6 Å². The monoisotopic (exact) mass is 305 g/mol. The fourth-order valence-electron chi connectivity index (χ4n) is 2.90. The number of nitrogens with one attached hydrogen (secondary N) is 1. The third-order valence-electron chi connectivity index (χ3n) is 3.86. The van der Waals surface area contributed by atoms with Crippen molar-refractivity contribution in [2.75, 3.05) is 7.05 Å². The smallest absolute Gasteiger partial charge is 0.129 e. The fraction of sp³-hybridized carbons (Fsp3) is 0.294. The summed E-state index contributed by atoms with van der Waals surface area (Å²) in [5.41, 5.74) is 1.87. The molecule has 0 bridgehead atoms. The van der Waals surface area contributed by atoms with Crippen molar-refractivity contribution < 1.29 is 8.78 Å². The highest BCUT2D eigenvalue weighted by molar-refractivity contribution is 7.99. The van der Waals surface area contributed by atoms with Crippen LogP contribution in [0.5, 0.6) is 0 Å². The van der Waals surface area contributed by atoms with Crippen LogP contribution in [0.25, 0.3) is 0 Å². The molecule has 1 N–H and O–H groups in total. The van der Waals surface area contributed by atoms with Gasteiger partial charge in [-0.25, -0.2) is 8.78 Å². The second-order valence-electron chi connectivity index (χ2n) is 5.27. The summed E-state index contributed by atoms with van der Waals surface area (Å²) in [5.74, 6) is -0.431. The molecule has 1 atom stereocenters. The average molecular weight is 305 g/mol. The van der Waals surface area contributed by atoms with E-state index in [2.05, 4.69) is 5.32 Å². The van der Waals surface area contributed by atoms with E-state index in [-0.39, 0.29) is 17.7 Å². The lowest BCUT2D eigenvalue weighted by Gasteiger charge is -2.26. The number of rotatable bonds is 3. The van der Waals surface area contributed by atoms with E-state index in [0.717, 1.165) is 40.2 Å². The van der Waals surface area contributed by atoms with Crippen molar-refractivity contribution in [3.8, 4) is 0 Å². The zero-order valence-electron chi connectivity index (χ0n) is 11.8. The minimum absolute atomic E-state index is 0.0990. The van der Waals surface area contributed by atoms with E-state index in [4.69, 9.17) is 0 Å². The summed E-state index contributed by atoms with van der Waals surface area (Å²) in [6, 6.07) is 10.1. The Kier molecular flexibility index (Phi) is 4.27. The molecule has 21 heavy (non-hydrogen) atoms. The van der Waals surface area contributed by atoms with Gasteiger partial charge in [0.05, 0.1) is 0 Å². The molecule has 0 aliphatic heterocycles. The van der Waals surface area contributed by atoms with E-state index in [1.807, 2.05) is 19.2 Å². The minimum Gasteiger partial charge on any atom is -0.313 e. The van der Waals surface area contributed by atoms with Gasteiger partial charge in [0, 0.05) is 21.4 Å². The Bertz CT molecular complexity index is 657. The summed E-state index contributed by atoms with van der Waals surface area (Å²) in [6.45, 7) is 0. The molecule has 0 amide bonds. The first-order chi connectivity index (χ1) is 10.2. The number of halogens is 2. The third kappa shape index (κ3) is 3.11. The summed E-state index contributed by atoms with van der Waals surface area (Å²) >= 11 is 1.40. The van der Waals surface area contributed by atoms with E-state index in [0.29, 0.717) is 0 Å². The first-order valence-electron chi connectivity index (χ1n) is 7.10. The highest BCUT2D eigenvalue weighted by Crippen LogP contribution is 2.36. The van der Waals surface area contributed by atoms with E-state index < -0.39 is 0 Å². The highest BCUT2D eigenvalue weighted by atomic mass is 32.2. The zero-order valence-corrected chi connectivity index (χ0v) is 12.6. The topological polar surface area (TPSA) is 12.0 Å². The number of benzene rings is 2. The van der Waals surface area contributed by atoms with Gasteiger partial charge in [0.25, 0.3) is 0 Å². The lowest BCUT2D eigenvalue weighted by Crippen LogP contribution is -2.23. The molecule has 0 aromatic heterocycles. The van der Waals surface area contributed by atoms with Crippen LogP contribution >= 0.6 is 11.8 Å². The summed E-state index contributed by atoms with van der Waals surface area (Å²) in [6.07, 6.45) is 2.94. The van der Waals surface area contributed by atoms with Crippen molar-refractivity contribution in [1.29, 1.82) is 0 Å². The predicted octanol–water partition coefficient (Wildman–Crippen LogP) is 4.71. The largest absolute Gasteiger partial charge is 0.313 e. The number of fused-ring (bicyclic) bond motifs is 1. The lowest BCUT2D eigenvalue weighted by molar-refractivity contribution is 0.464. The van der Waals surface area contributed by atoms with Gasteiger partial charge in [-0.15, -0.1) is 0 Å². The van der Waals surface area contributed by atoms with Gasteiger partial charge in [-0.05, 0) is 62.2 Å². The third-order valence-corrected chi connectivity index (χ3v) is 4.82. The predicted molar refractivity (Wildman–Crippen MR) is 81.7 cm³/mol. The molecular formula is C17H17F2NS. The fourth-order valence-corrected chi connectivity index (χ4v) is 3.85. The Hall–Kier alpha value is -1.39. The lowest BCUT2D eigenvalue weighted by atomic mass is 9.87. The first-order valence-corrected chi connectivity index (χ1v) is 7.92. The Morgan fingerprint density at radius 3 is 2.76 bits per heavy atom. The normalized spacial score (nSPS) is 17.6. The van der Waals surface area contributed by atoms with Crippen LogP contribution in [0.4, 0.5) is 8.78 Å². The SMILES string of the molecule is CN[C@@H]1CCCc2cc(Sc3cccc(F)c3)cc(F)c21. The Morgan fingerprint density at radius 1 is 1.14 bits per heavy atom. The number of aryl methyl sites for hydroxylation is 1. The second kappa shape index (κ2) is 6.16. The average Bonchev–Trinajstić information content (AvgIpc) is 2.46. The molecule has 2 aromatic rings. The summed E-state index contributed by atoms with van der Waals surface area (Å²) in [5, 5.41) is 3.18. The molecule has 0 spiro atoms. The van der Waals surface area contributed by atoms with E-state index >= 15 is 0 Å². The molecule has 0 unspecified atom stereocenters. The van der Waals surface area contributed by atoms with Gasteiger partial charge in [-0.1, -0.05) is 17.8 Å². The van der Waals surface area contributed by atoms with Gasteiger partial charge in [0.2, 0.25) is 0 Å². The summed E-state index contributed by atoms with van der Waals surface area (Å²) in [4.78, 5) is 1.61. The van der Waals surface area contributed by atoms with Crippen LogP contribution in [0.3, 0.4) is 0 Å². The van der Waals surface area contributed by atoms with Crippen LogP contribution < -0.4 is 5.32 Å². The van der Waals surface area contributed by atoms with Gasteiger partial charge in [0.15, 0.2) is 0 Å². The molecule has 0 saturated carbocycles. The van der Waals surface area contributed by atoms with Gasteiger partial charge in [0.1, 0.15) is 11.6 Å². The van der Waals surface area contributed by atoms with Crippen LogP contribution in [0.1, 0.15) is 30.0 Å². The molecule has 0 heterocycles. The Morgan fingerprint density at radius 2 is 2.00 bits per heavy atom. The standard InChI is InChI=1S/C17H17F2NS/c1-20-16-7-2-4-11-8-14(10-15(19)17(11)16)21-13-6-3-5-12(18)9-13/h3,5-6,8-10,16,20H,2,4,7H2,1H3/t16-/m1/s1. The molecule has 4 heteroatoms. The van der Waals surface area contributed by atoms with Crippen LogP contribution in [-0.4, -0.2) is 7.05 Å². The quantitative estimate of drug-likeness (QED) is 0.881. The number of hydrogen-bond acceptors (Lipinski definition) is 2. The molecular weight excluding hydrogens is 288 g/mol. The summed E-state index contributed by atoms with van der Waals surface area (Å²) < 4.78 is 27.6.